The van der Waals surface area contributed by atoms with Crippen LogP contribution in [0.25, 0.3) is 0 Å². The summed E-state index contributed by atoms with van der Waals surface area (Å²) in [6, 6.07) is 12.2. The molecule has 0 aliphatic carbocycles. The van der Waals surface area contributed by atoms with Crippen LogP contribution in [0.5, 0.6) is 0 Å². The van der Waals surface area contributed by atoms with E-state index in [0.717, 1.165) is 0 Å². The van der Waals surface area contributed by atoms with E-state index in [1.54, 1.807) is 43.3 Å². The van der Waals surface area contributed by atoms with Gasteiger partial charge < -0.3 is 4.42 Å². The zero-order valence-corrected chi connectivity index (χ0v) is 12.5. The minimum absolute atomic E-state index is 0.116. The summed E-state index contributed by atoms with van der Waals surface area (Å²) < 4.78 is 32.0. The molecule has 0 aliphatic rings. The molecule has 0 bridgehead atoms. The molecule has 0 atom stereocenters. The molecule has 2 aromatic rings. The number of benzene rings is 1. The Balaban J connectivity index is 2.35. The Hall–Kier alpha value is -2.10. The molecular formula is C15H16N2O3S. The van der Waals surface area contributed by atoms with E-state index < -0.39 is 10.0 Å². The summed E-state index contributed by atoms with van der Waals surface area (Å²) in [5.74, 6) is 0.546. The topological polar surface area (TPSA) is 74.3 Å². The lowest BCUT2D eigenvalue weighted by atomic mass is 10.2. The molecule has 0 spiro atoms. The van der Waals surface area contributed by atoms with E-state index in [1.165, 1.54) is 10.6 Å². The van der Waals surface area contributed by atoms with E-state index >= 15 is 0 Å². The van der Waals surface area contributed by atoms with Gasteiger partial charge in [-0.1, -0.05) is 18.2 Å². The SMILES string of the molecule is Cc1ccccc1S(=O)(=O)N(CCC#N)Cc1ccco1. The van der Waals surface area contributed by atoms with E-state index in [0.29, 0.717) is 11.3 Å². The molecule has 1 heterocycles. The van der Waals surface area contributed by atoms with Crippen molar-refractivity contribution in [2.75, 3.05) is 6.54 Å². The minimum atomic E-state index is -3.66. The van der Waals surface area contributed by atoms with Crippen LogP contribution in [0.3, 0.4) is 0 Å². The Kier molecular flexibility index (Phi) is 4.78. The molecule has 1 aromatic carbocycles. The standard InChI is InChI=1S/C15H16N2O3S/c1-13-6-2-3-8-15(13)21(18,19)17(10-5-9-16)12-14-7-4-11-20-14/h2-4,6-8,11H,5,10,12H2,1H3. The maximum absolute atomic E-state index is 12.8. The number of furan rings is 1. The first-order valence-corrected chi connectivity index (χ1v) is 7.95. The minimum Gasteiger partial charge on any atom is -0.468 e. The zero-order valence-electron chi connectivity index (χ0n) is 11.7. The maximum Gasteiger partial charge on any atom is 0.243 e. The van der Waals surface area contributed by atoms with Crippen molar-refractivity contribution < 1.29 is 12.8 Å². The summed E-state index contributed by atoms with van der Waals surface area (Å²) in [5, 5.41) is 8.74. The van der Waals surface area contributed by atoms with Gasteiger partial charge in [0.25, 0.3) is 0 Å². The Labute approximate surface area is 124 Å². The van der Waals surface area contributed by atoms with Crippen LogP contribution in [0.2, 0.25) is 0 Å². The fourth-order valence-corrected chi connectivity index (χ4v) is 3.65. The van der Waals surface area contributed by atoms with Crippen molar-refractivity contribution in [3.63, 3.8) is 0 Å². The normalized spacial score (nSPS) is 11.5. The van der Waals surface area contributed by atoms with Crippen LogP contribution in [-0.2, 0) is 16.6 Å². The predicted molar refractivity (Wildman–Crippen MR) is 77.7 cm³/mol. The average Bonchev–Trinajstić information content (AvgIpc) is 2.96. The van der Waals surface area contributed by atoms with Gasteiger partial charge in [-0.3, -0.25) is 0 Å². The average molecular weight is 304 g/mol. The highest BCUT2D eigenvalue weighted by molar-refractivity contribution is 7.89. The van der Waals surface area contributed by atoms with Crippen molar-refractivity contribution in [2.45, 2.75) is 24.8 Å². The molecule has 21 heavy (non-hydrogen) atoms. The number of aryl methyl sites for hydroxylation is 1. The van der Waals surface area contributed by atoms with E-state index in [1.807, 2.05) is 6.07 Å². The van der Waals surface area contributed by atoms with Gasteiger partial charge in [-0.05, 0) is 30.7 Å². The molecule has 0 radical (unpaired) electrons. The number of nitrogens with zero attached hydrogens (tertiary/aromatic N) is 2. The summed E-state index contributed by atoms with van der Waals surface area (Å²) in [4.78, 5) is 0.259. The van der Waals surface area contributed by atoms with Gasteiger partial charge in [0.15, 0.2) is 0 Å². The summed E-state index contributed by atoms with van der Waals surface area (Å²) >= 11 is 0. The Morgan fingerprint density at radius 3 is 2.62 bits per heavy atom. The summed E-state index contributed by atoms with van der Waals surface area (Å²) in [6.07, 6.45) is 1.63. The molecule has 6 heteroatoms. The van der Waals surface area contributed by atoms with Crippen LogP contribution in [0, 0.1) is 18.3 Å². The lowest BCUT2D eigenvalue weighted by Gasteiger charge is -2.21. The number of hydrogen-bond donors (Lipinski definition) is 0. The molecule has 5 nitrogen and oxygen atoms in total. The first kappa shape index (κ1) is 15.3. The van der Waals surface area contributed by atoms with E-state index in [9.17, 15) is 8.42 Å². The monoisotopic (exact) mass is 304 g/mol. The molecule has 0 N–H and O–H groups in total. The molecule has 110 valence electrons. The molecular weight excluding hydrogens is 288 g/mol. The fourth-order valence-electron chi connectivity index (χ4n) is 2.02. The summed E-state index contributed by atoms with van der Waals surface area (Å²) in [7, 11) is -3.66. The van der Waals surface area contributed by atoms with Crippen LogP contribution in [-0.4, -0.2) is 19.3 Å². The molecule has 0 unspecified atom stereocenters. The first-order valence-electron chi connectivity index (χ1n) is 6.51. The first-order chi connectivity index (χ1) is 10.1. The second-order valence-electron chi connectivity index (χ2n) is 4.59. The van der Waals surface area contributed by atoms with E-state index in [2.05, 4.69) is 0 Å². The molecule has 0 amide bonds. The van der Waals surface area contributed by atoms with Gasteiger partial charge in [0, 0.05) is 13.0 Å². The van der Waals surface area contributed by atoms with Gasteiger partial charge in [-0.15, -0.1) is 0 Å². The largest absolute Gasteiger partial charge is 0.468 e. The van der Waals surface area contributed by atoms with Crippen molar-refractivity contribution in [3.05, 3.63) is 54.0 Å². The van der Waals surface area contributed by atoms with Gasteiger partial charge in [0.05, 0.1) is 23.8 Å². The highest BCUT2D eigenvalue weighted by Gasteiger charge is 2.26. The summed E-state index contributed by atoms with van der Waals surface area (Å²) in [5.41, 5.74) is 0.680. The second-order valence-corrected chi connectivity index (χ2v) is 6.50. The van der Waals surface area contributed by atoms with Crippen molar-refractivity contribution >= 4 is 10.0 Å². The van der Waals surface area contributed by atoms with Crippen LogP contribution in [0.1, 0.15) is 17.7 Å². The van der Waals surface area contributed by atoms with Gasteiger partial charge >= 0.3 is 0 Å². The third-order valence-electron chi connectivity index (χ3n) is 3.10. The van der Waals surface area contributed by atoms with Crippen LogP contribution < -0.4 is 0 Å². The van der Waals surface area contributed by atoms with E-state index in [-0.39, 0.29) is 24.4 Å². The number of nitriles is 1. The second kappa shape index (κ2) is 6.57. The van der Waals surface area contributed by atoms with Gasteiger partial charge in [0.2, 0.25) is 10.0 Å². The van der Waals surface area contributed by atoms with Crippen molar-refractivity contribution in [1.29, 1.82) is 5.26 Å². The predicted octanol–water partition coefficient (Wildman–Crippen LogP) is 2.69. The van der Waals surface area contributed by atoms with Gasteiger partial charge in [0.1, 0.15) is 5.76 Å². The highest BCUT2D eigenvalue weighted by atomic mass is 32.2. The lowest BCUT2D eigenvalue weighted by Crippen LogP contribution is -2.31. The van der Waals surface area contributed by atoms with Crippen LogP contribution in [0.4, 0.5) is 0 Å². The van der Waals surface area contributed by atoms with Crippen molar-refractivity contribution in [1.82, 2.24) is 4.31 Å². The Bertz CT molecular complexity index is 731. The van der Waals surface area contributed by atoms with Crippen molar-refractivity contribution in [2.24, 2.45) is 0 Å². The third kappa shape index (κ3) is 3.51. The maximum atomic E-state index is 12.8. The van der Waals surface area contributed by atoms with Crippen LogP contribution >= 0.6 is 0 Å². The molecule has 1 aromatic heterocycles. The quantitative estimate of drug-likeness (QED) is 0.822. The molecule has 2 rings (SSSR count). The smallest absolute Gasteiger partial charge is 0.243 e. The van der Waals surface area contributed by atoms with Crippen LogP contribution in [0.15, 0.2) is 52.0 Å². The third-order valence-corrected chi connectivity index (χ3v) is 5.10. The zero-order chi connectivity index (χ0) is 15.3. The highest BCUT2D eigenvalue weighted by Crippen LogP contribution is 2.21. The Morgan fingerprint density at radius 2 is 2.00 bits per heavy atom. The number of sulfonamides is 1. The van der Waals surface area contributed by atoms with Crippen molar-refractivity contribution in [3.8, 4) is 6.07 Å². The number of rotatable bonds is 6. The molecule has 0 saturated heterocycles. The lowest BCUT2D eigenvalue weighted by molar-refractivity contribution is 0.368. The van der Waals surface area contributed by atoms with Gasteiger partial charge in [-0.25, -0.2) is 8.42 Å². The fraction of sp³-hybridized carbons (Fsp3) is 0.267. The molecule has 0 fully saturated rings. The molecule has 0 saturated carbocycles. The molecule has 0 aliphatic heterocycles. The number of hydrogen-bond acceptors (Lipinski definition) is 4. The van der Waals surface area contributed by atoms with E-state index in [4.69, 9.17) is 9.68 Å². The van der Waals surface area contributed by atoms with Gasteiger partial charge in [-0.2, -0.15) is 9.57 Å². The Morgan fingerprint density at radius 1 is 1.24 bits per heavy atom. The summed E-state index contributed by atoms with van der Waals surface area (Å²) in [6.45, 7) is 2.00.